The standard InChI is InChI=1S/C15H16N6OS/c1-8-4-12(20-19-8)17-14-13-11(2-3-23-13)16-15(18-14)21-6-10-5-9(21)7-22-10/h2-4,9-10H,5-7H2,1H3,(H2,16,17,18,19,20)/t9-,10+/m0/s1. The maximum absolute atomic E-state index is 5.68. The summed E-state index contributed by atoms with van der Waals surface area (Å²) in [5.74, 6) is 2.37. The highest BCUT2D eigenvalue weighted by Crippen LogP contribution is 2.35. The summed E-state index contributed by atoms with van der Waals surface area (Å²) in [6.45, 7) is 3.63. The summed E-state index contributed by atoms with van der Waals surface area (Å²) in [6.07, 6.45) is 1.40. The molecule has 5 rings (SSSR count). The second-order valence-corrected chi connectivity index (χ2v) is 6.98. The minimum atomic E-state index is 0.326. The van der Waals surface area contributed by atoms with Gasteiger partial charge in [0.1, 0.15) is 0 Å². The van der Waals surface area contributed by atoms with Crippen molar-refractivity contribution >= 4 is 39.1 Å². The van der Waals surface area contributed by atoms with E-state index >= 15 is 0 Å². The lowest BCUT2D eigenvalue weighted by molar-refractivity contribution is 0.0986. The molecule has 0 saturated carbocycles. The molecule has 0 spiro atoms. The van der Waals surface area contributed by atoms with Crippen LogP contribution in [0.2, 0.25) is 0 Å². The number of hydrogen-bond acceptors (Lipinski definition) is 7. The van der Waals surface area contributed by atoms with Crippen molar-refractivity contribution in [2.24, 2.45) is 0 Å². The molecule has 0 aliphatic carbocycles. The fourth-order valence-electron chi connectivity index (χ4n) is 3.31. The molecule has 0 radical (unpaired) electrons. The van der Waals surface area contributed by atoms with E-state index in [1.54, 1.807) is 11.3 Å². The topological polar surface area (TPSA) is 79.0 Å². The summed E-state index contributed by atoms with van der Waals surface area (Å²) in [4.78, 5) is 11.8. The van der Waals surface area contributed by atoms with E-state index in [0.717, 1.165) is 53.1 Å². The monoisotopic (exact) mass is 328 g/mol. The lowest BCUT2D eigenvalue weighted by Crippen LogP contribution is -2.38. The van der Waals surface area contributed by atoms with Crippen molar-refractivity contribution in [3.05, 3.63) is 23.2 Å². The number of thiophene rings is 1. The van der Waals surface area contributed by atoms with Gasteiger partial charge in [0.15, 0.2) is 11.6 Å². The molecule has 0 aromatic carbocycles. The van der Waals surface area contributed by atoms with Crippen LogP contribution in [-0.2, 0) is 4.74 Å². The van der Waals surface area contributed by atoms with E-state index in [1.807, 2.05) is 24.4 Å². The van der Waals surface area contributed by atoms with E-state index in [4.69, 9.17) is 14.7 Å². The molecule has 8 heteroatoms. The Bertz CT molecular complexity index is 874. The van der Waals surface area contributed by atoms with Gasteiger partial charge < -0.3 is 15.0 Å². The minimum Gasteiger partial charge on any atom is -0.374 e. The molecule has 2 atom stereocenters. The summed E-state index contributed by atoms with van der Waals surface area (Å²) in [5, 5.41) is 12.6. The van der Waals surface area contributed by atoms with Gasteiger partial charge in [-0.25, -0.2) is 4.98 Å². The molecular weight excluding hydrogens is 312 g/mol. The quantitative estimate of drug-likeness (QED) is 0.769. The molecule has 5 heterocycles. The van der Waals surface area contributed by atoms with Crippen LogP contribution in [0.25, 0.3) is 10.2 Å². The van der Waals surface area contributed by atoms with E-state index in [0.29, 0.717) is 12.1 Å². The second kappa shape index (κ2) is 4.90. The number of rotatable bonds is 3. The number of hydrogen-bond donors (Lipinski definition) is 2. The summed E-state index contributed by atoms with van der Waals surface area (Å²) in [5.41, 5.74) is 1.98. The zero-order chi connectivity index (χ0) is 15.4. The van der Waals surface area contributed by atoms with E-state index in [-0.39, 0.29) is 0 Å². The molecule has 3 aromatic heterocycles. The van der Waals surface area contributed by atoms with E-state index in [9.17, 15) is 0 Å². The van der Waals surface area contributed by atoms with Gasteiger partial charge in [-0.15, -0.1) is 11.3 Å². The molecule has 2 aliphatic heterocycles. The van der Waals surface area contributed by atoms with Crippen molar-refractivity contribution in [1.82, 2.24) is 20.2 Å². The number of nitrogens with zero attached hydrogens (tertiary/aromatic N) is 4. The normalized spacial score (nSPS) is 23.1. The zero-order valence-electron chi connectivity index (χ0n) is 12.6. The fraction of sp³-hybridized carbons (Fsp3) is 0.400. The Morgan fingerprint density at radius 1 is 1.43 bits per heavy atom. The summed E-state index contributed by atoms with van der Waals surface area (Å²) in [7, 11) is 0. The van der Waals surface area contributed by atoms with Gasteiger partial charge in [0, 0.05) is 18.3 Å². The first-order valence-corrected chi connectivity index (χ1v) is 8.57. The first kappa shape index (κ1) is 13.3. The average Bonchev–Trinajstić information content (AvgIpc) is 3.30. The third-order valence-corrected chi connectivity index (χ3v) is 5.31. The Balaban J connectivity index is 1.56. The molecule has 2 N–H and O–H groups in total. The number of aromatic amines is 1. The Kier molecular flexibility index (Phi) is 2.83. The van der Waals surface area contributed by atoms with Crippen molar-refractivity contribution in [3.8, 4) is 0 Å². The SMILES string of the molecule is Cc1cc(Nc2nc(N3C[C@H]4C[C@H]3CO4)nc3ccsc23)n[nH]1. The first-order valence-electron chi connectivity index (χ1n) is 7.69. The number of anilines is 3. The molecule has 7 nitrogen and oxygen atoms in total. The van der Waals surface area contributed by atoms with Crippen LogP contribution in [0, 0.1) is 6.92 Å². The van der Waals surface area contributed by atoms with Crippen molar-refractivity contribution in [2.45, 2.75) is 25.5 Å². The van der Waals surface area contributed by atoms with Crippen LogP contribution in [0.3, 0.4) is 0 Å². The molecular formula is C15H16N6OS. The molecule has 3 aromatic rings. The van der Waals surface area contributed by atoms with Crippen molar-refractivity contribution in [3.63, 3.8) is 0 Å². The lowest BCUT2D eigenvalue weighted by atomic mass is 10.2. The minimum absolute atomic E-state index is 0.326. The van der Waals surface area contributed by atoms with Gasteiger partial charge >= 0.3 is 0 Å². The highest BCUT2D eigenvalue weighted by atomic mass is 32.1. The number of H-pyrrole nitrogens is 1. The van der Waals surface area contributed by atoms with E-state index < -0.39 is 0 Å². The van der Waals surface area contributed by atoms with Crippen LogP contribution in [0.5, 0.6) is 0 Å². The number of ether oxygens (including phenoxy) is 1. The smallest absolute Gasteiger partial charge is 0.228 e. The summed E-state index contributed by atoms with van der Waals surface area (Å²) in [6, 6.07) is 4.40. The third kappa shape index (κ3) is 2.17. The van der Waals surface area contributed by atoms with Crippen molar-refractivity contribution in [1.29, 1.82) is 0 Å². The molecule has 2 aliphatic rings. The average molecular weight is 328 g/mol. The zero-order valence-corrected chi connectivity index (χ0v) is 13.4. The predicted molar refractivity (Wildman–Crippen MR) is 89.5 cm³/mol. The van der Waals surface area contributed by atoms with Gasteiger partial charge in [-0.3, -0.25) is 5.10 Å². The number of aryl methyl sites for hydroxylation is 1. The van der Waals surface area contributed by atoms with Gasteiger partial charge in [-0.1, -0.05) is 0 Å². The lowest BCUT2D eigenvalue weighted by Gasteiger charge is -2.27. The Hall–Kier alpha value is -2.19. The van der Waals surface area contributed by atoms with Crippen LogP contribution in [-0.4, -0.2) is 45.5 Å². The number of morpholine rings is 1. The van der Waals surface area contributed by atoms with Gasteiger partial charge in [0.25, 0.3) is 0 Å². The molecule has 2 fully saturated rings. The number of aromatic nitrogens is 4. The maximum Gasteiger partial charge on any atom is 0.228 e. The molecule has 23 heavy (non-hydrogen) atoms. The number of nitrogens with one attached hydrogen (secondary N) is 2. The first-order chi connectivity index (χ1) is 11.3. The van der Waals surface area contributed by atoms with Crippen LogP contribution in [0.1, 0.15) is 12.1 Å². The molecule has 2 saturated heterocycles. The Labute approximate surface area is 136 Å². The maximum atomic E-state index is 5.68. The van der Waals surface area contributed by atoms with Crippen molar-refractivity contribution in [2.75, 3.05) is 23.4 Å². The molecule has 0 amide bonds. The second-order valence-electron chi connectivity index (χ2n) is 6.07. The summed E-state index contributed by atoms with van der Waals surface area (Å²) >= 11 is 1.64. The predicted octanol–water partition coefficient (Wildman–Crippen LogP) is 2.44. The van der Waals surface area contributed by atoms with Gasteiger partial charge in [0.2, 0.25) is 5.95 Å². The van der Waals surface area contributed by atoms with Crippen LogP contribution >= 0.6 is 11.3 Å². The van der Waals surface area contributed by atoms with Gasteiger partial charge in [-0.2, -0.15) is 10.1 Å². The van der Waals surface area contributed by atoms with Crippen LogP contribution in [0.15, 0.2) is 17.5 Å². The van der Waals surface area contributed by atoms with Crippen LogP contribution in [0.4, 0.5) is 17.6 Å². The molecule has 0 unspecified atom stereocenters. The molecule has 118 valence electrons. The van der Waals surface area contributed by atoms with Crippen molar-refractivity contribution < 1.29 is 4.74 Å². The fourth-order valence-corrected chi connectivity index (χ4v) is 4.09. The third-order valence-electron chi connectivity index (χ3n) is 4.40. The highest BCUT2D eigenvalue weighted by Gasteiger charge is 2.40. The summed E-state index contributed by atoms with van der Waals surface area (Å²) < 4.78 is 6.73. The largest absolute Gasteiger partial charge is 0.374 e. The number of fused-ring (bicyclic) bond motifs is 3. The Morgan fingerprint density at radius 3 is 3.13 bits per heavy atom. The molecule has 2 bridgehead atoms. The van der Waals surface area contributed by atoms with E-state index in [2.05, 4.69) is 20.4 Å². The van der Waals surface area contributed by atoms with Crippen LogP contribution < -0.4 is 10.2 Å². The van der Waals surface area contributed by atoms with Gasteiger partial charge in [-0.05, 0) is 24.8 Å². The Morgan fingerprint density at radius 2 is 2.39 bits per heavy atom. The highest BCUT2D eigenvalue weighted by molar-refractivity contribution is 7.17. The van der Waals surface area contributed by atoms with Gasteiger partial charge in [0.05, 0.1) is 29.0 Å². The van der Waals surface area contributed by atoms with E-state index in [1.165, 1.54) is 0 Å².